The number of hydrogen-bond donors (Lipinski definition) is 4. The average Bonchev–Trinajstić information content (AvgIpc) is 3.47. The molecule has 0 bridgehead atoms. The zero-order valence-corrected chi connectivity index (χ0v) is 20.2. The third-order valence-corrected chi connectivity index (χ3v) is 5.85. The largest absolute Gasteiger partial charge is 0.380 e. The molecule has 0 aliphatic carbocycles. The molecular formula is C22H25BrN8O3. The minimum absolute atomic E-state index is 0.0739. The monoisotopic (exact) mass is 528 g/mol. The first kappa shape index (κ1) is 23.8. The predicted molar refractivity (Wildman–Crippen MR) is 128 cm³/mol. The molecule has 4 N–H and O–H groups in total. The highest BCUT2D eigenvalue weighted by atomic mass is 79.9. The van der Waals surface area contributed by atoms with E-state index >= 15 is 0 Å². The molecular weight excluding hydrogens is 504 g/mol. The number of rotatable bonds is 9. The minimum Gasteiger partial charge on any atom is -0.380 e. The van der Waals surface area contributed by atoms with Crippen molar-refractivity contribution in [3.63, 3.8) is 0 Å². The zero-order chi connectivity index (χ0) is 24.2. The van der Waals surface area contributed by atoms with Crippen LogP contribution in [0.15, 0.2) is 44.4 Å². The van der Waals surface area contributed by atoms with Gasteiger partial charge in [-0.1, -0.05) is 55.3 Å². The summed E-state index contributed by atoms with van der Waals surface area (Å²) in [6.07, 6.45) is 2.06. The molecule has 0 radical (unpaired) electrons. The molecule has 12 heteroatoms. The molecule has 178 valence electrons. The number of unbranched alkanes of at least 4 members (excludes halogenated alkanes) is 2. The first-order valence-electron chi connectivity index (χ1n) is 11.0. The van der Waals surface area contributed by atoms with Crippen LogP contribution in [-0.4, -0.2) is 40.2 Å². The van der Waals surface area contributed by atoms with Gasteiger partial charge in [-0.2, -0.15) is 4.98 Å². The van der Waals surface area contributed by atoms with Crippen molar-refractivity contribution in [1.29, 1.82) is 10.8 Å². The fraction of sp³-hybridized carbons (Fsp3) is 0.364. The van der Waals surface area contributed by atoms with Crippen LogP contribution in [0.2, 0.25) is 0 Å². The number of fused-ring (bicyclic) bond motifs is 1. The molecule has 1 atom stereocenters. The van der Waals surface area contributed by atoms with Crippen LogP contribution in [0.5, 0.6) is 0 Å². The maximum absolute atomic E-state index is 13.1. The molecule has 11 nitrogen and oxygen atoms in total. The maximum Gasteiger partial charge on any atom is 0.286 e. The second-order valence-electron chi connectivity index (χ2n) is 7.86. The van der Waals surface area contributed by atoms with Crippen LogP contribution in [0.3, 0.4) is 0 Å². The van der Waals surface area contributed by atoms with Crippen molar-refractivity contribution in [2.75, 3.05) is 0 Å². The summed E-state index contributed by atoms with van der Waals surface area (Å²) in [7, 11) is 0. The fourth-order valence-corrected chi connectivity index (χ4v) is 4.06. The number of nitrogens with zero attached hydrogens (tertiary/aromatic N) is 5. The highest BCUT2D eigenvalue weighted by Gasteiger charge is 2.20. The van der Waals surface area contributed by atoms with E-state index in [1.54, 1.807) is 28.8 Å². The average molecular weight is 529 g/mol. The molecule has 0 saturated heterocycles. The first-order chi connectivity index (χ1) is 16.4. The molecule has 0 fully saturated rings. The van der Waals surface area contributed by atoms with Gasteiger partial charge in [0, 0.05) is 19.4 Å². The molecule has 3 heterocycles. The summed E-state index contributed by atoms with van der Waals surface area (Å²) in [5.41, 5.74) is 0.636. The number of nitrogens with one attached hydrogen (secondary N) is 3. The number of aryl methyl sites for hydroxylation is 2. The van der Waals surface area contributed by atoms with E-state index in [-0.39, 0.29) is 41.5 Å². The third kappa shape index (κ3) is 4.77. The molecule has 0 spiro atoms. The number of imidazole rings is 1. The van der Waals surface area contributed by atoms with Crippen molar-refractivity contribution in [3.8, 4) is 0 Å². The van der Waals surface area contributed by atoms with Gasteiger partial charge in [0.05, 0.1) is 0 Å². The second-order valence-corrected chi connectivity index (χ2v) is 8.61. The van der Waals surface area contributed by atoms with E-state index in [1.807, 2.05) is 6.07 Å². The van der Waals surface area contributed by atoms with Crippen molar-refractivity contribution in [2.45, 2.75) is 51.7 Å². The summed E-state index contributed by atoms with van der Waals surface area (Å²) in [5, 5.41) is 31.4. The number of hydrogen-bond acceptors (Lipinski definition) is 8. The number of aromatic nitrogens is 6. The highest BCUT2D eigenvalue weighted by Crippen LogP contribution is 2.19. The standard InChI is InChI=1S/C22H25BrN8O3/c1-2-3-7-12-30-19-16(27-21(23)28-19)20(33)31(22(30)25)14(24)10-11-15-26-18(29-34-15)17(32)13-8-5-4-6-9-13/h4-6,8-9,17,24-25,32H,2-3,7,10-12H2,1H3,(H,27,28). The van der Waals surface area contributed by atoms with Gasteiger partial charge in [0.25, 0.3) is 5.56 Å². The number of aliphatic hydroxyl groups excluding tert-OH is 1. The quantitative estimate of drug-likeness (QED) is 0.113. The summed E-state index contributed by atoms with van der Waals surface area (Å²) >= 11 is 3.26. The van der Waals surface area contributed by atoms with Crippen LogP contribution < -0.4 is 11.2 Å². The van der Waals surface area contributed by atoms with Gasteiger partial charge < -0.3 is 14.6 Å². The van der Waals surface area contributed by atoms with Crippen LogP contribution in [0.1, 0.15) is 56.0 Å². The lowest BCUT2D eigenvalue weighted by Crippen LogP contribution is -2.44. The summed E-state index contributed by atoms with van der Waals surface area (Å²) in [6.45, 7) is 2.60. The Morgan fingerprint density at radius 2 is 2.03 bits per heavy atom. The lowest BCUT2D eigenvalue weighted by molar-refractivity contribution is 0.204. The lowest BCUT2D eigenvalue weighted by atomic mass is 10.1. The fourth-order valence-electron chi connectivity index (χ4n) is 3.69. The van der Waals surface area contributed by atoms with Gasteiger partial charge in [0.1, 0.15) is 11.9 Å². The smallest absolute Gasteiger partial charge is 0.286 e. The molecule has 0 aliphatic heterocycles. The van der Waals surface area contributed by atoms with Gasteiger partial charge in [-0.05, 0) is 27.9 Å². The van der Waals surface area contributed by atoms with E-state index in [2.05, 4.69) is 43.0 Å². The topological polar surface area (TPSA) is 162 Å². The Kier molecular flexibility index (Phi) is 7.17. The number of aromatic amines is 1. The number of H-pyrrole nitrogens is 1. The number of aliphatic hydroxyl groups is 1. The summed E-state index contributed by atoms with van der Waals surface area (Å²) in [5.74, 6) is 0.286. The predicted octanol–water partition coefficient (Wildman–Crippen LogP) is 2.88. The Bertz CT molecular complexity index is 1420. The summed E-state index contributed by atoms with van der Waals surface area (Å²) < 4.78 is 8.34. The van der Waals surface area contributed by atoms with Gasteiger partial charge >= 0.3 is 0 Å². The lowest BCUT2D eigenvalue weighted by Gasteiger charge is -2.13. The van der Waals surface area contributed by atoms with Crippen LogP contribution in [-0.2, 0) is 13.0 Å². The van der Waals surface area contributed by atoms with Crippen molar-refractivity contribution >= 4 is 32.9 Å². The number of benzene rings is 1. The van der Waals surface area contributed by atoms with E-state index in [0.717, 1.165) is 23.8 Å². The molecule has 34 heavy (non-hydrogen) atoms. The molecule has 1 unspecified atom stereocenters. The van der Waals surface area contributed by atoms with E-state index in [0.29, 0.717) is 22.5 Å². The molecule has 0 aliphatic rings. The maximum atomic E-state index is 13.1. The van der Waals surface area contributed by atoms with Crippen LogP contribution in [0.25, 0.3) is 11.2 Å². The molecule has 0 amide bonds. The Balaban J connectivity index is 1.56. The van der Waals surface area contributed by atoms with Gasteiger partial charge in [0.15, 0.2) is 15.9 Å². The van der Waals surface area contributed by atoms with E-state index in [4.69, 9.17) is 15.3 Å². The van der Waals surface area contributed by atoms with E-state index < -0.39 is 11.7 Å². The van der Waals surface area contributed by atoms with Crippen molar-refractivity contribution in [1.82, 2.24) is 29.2 Å². The van der Waals surface area contributed by atoms with Gasteiger partial charge in [-0.25, -0.2) is 9.55 Å². The van der Waals surface area contributed by atoms with Gasteiger partial charge in [-0.3, -0.25) is 20.2 Å². The van der Waals surface area contributed by atoms with Gasteiger partial charge in [-0.15, -0.1) is 0 Å². The summed E-state index contributed by atoms with van der Waals surface area (Å²) in [6, 6.07) is 8.98. The Morgan fingerprint density at radius 1 is 1.26 bits per heavy atom. The molecule has 1 aromatic carbocycles. The van der Waals surface area contributed by atoms with Crippen LogP contribution in [0.4, 0.5) is 0 Å². The number of halogens is 1. The SMILES string of the molecule is CCCCCn1c(=N)n(C(=N)CCc2nc(C(O)c3ccccc3)no2)c(=O)c2[nH]c(Br)nc21. The Morgan fingerprint density at radius 3 is 2.76 bits per heavy atom. The molecule has 0 saturated carbocycles. The van der Waals surface area contributed by atoms with Crippen LogP contribution in [0, 0.1) is 10.8 Å². The van der Waals surface area contributed by atoms with Crippen molar-refractivity contribution in [3.05, 3.63) is 68.3 Å². The Labute approximate surface area is 202 Å². The van der Waals surface area contributed by atoms with Crippen molar-refractivity contribution < 1.29 is 9.63 Å². The molecule has 4 rings (SSSR count). The van der Waals surface area contributed by atoms with Crippen LogP contribution >= 0.6 is 15.9 Å². The second kappa shape index (κ2) is 10.3. The zero-order valence-electron chi connectivity index (χ0n) is 18.6. The molecule has 3 aromatic heterocycles. The summed E-state index contributed by atoms with van der Waals surface area (Å²) in [4.78, 5) is 24.5. The Hall–Kier alpha value is -3.38. The van der Waals surface area contributed by atoms with Crippen molar-refractivity contribution in [2.24, 2.45) is 0 Å². The third-order valence-electron chi connectivity index (χ3n) is 5.47. The normalized spacial score (nSPS) is 12.3. The van der Waals surface area contributed by atoms with Gasteiger partial charge in [0.2, 0.25) is 17.3 Å². The molecule has 4 aromatic rings. The first-order valence-corrected chi connectivity index (χ1v) is 11.8. The van der Waals surface area contributed by atoms with E-state index in [9.17, 15) is 9.90 Å². The minimum atomic E-state index is -1.02. The van der Waals surface area contributed by atoms with E-state index in [1.165, 1.54) is 0 Å². The highest BCUT2D eigenvalue weighted by molar-refractivity contribution is 9.10.